The molecule has 0 amide bonds. The summed E-state index contributed by atoms with van der Waals surface area (Å²) in [7, 11) is 0. The van der Waals surface area contributed by atoms with Gasteiger partial charge in [-0.15, -0.1) is 0 Å². The van der Waals surface area contributed by atoms with Gasteiger partial charge in [0.2, 0.25) is 0 Å². The van der Waals surface area contributed by atoms with Gasteiger partial charge in [-0.1, -0.05) is 68.6 Å². The van der Waals surface area contributed by atoms with Crippen molar-refractivity contribution < 1.29 is 39.2 Å². The molecule has 0 aromatic carbocycles. The average Bonchev–Trinajstić information content (AvgIpc) is 3.36. The van der Waals surface area contributed by atoms with Crippen molar-refractivity contribution in [1.82, 2.24) is 0 Å². The Balaban J connectivity index is 1.36. The van der Waals surface area contributed by atoms with E-state index in [1.165, 1.54) is 32.1 Å². The highest BCUT2D eigenvalue weighted by Gasteiger charge is 2.60. The topological polar surface area (TPSA) is 127 Å². The van der Waals surface area contributed by atoms with Crippen LogP contribution in [0.5, 0.6) is 0 Å². The minimum absolute atomic E-state index is 0.0579. The lowest BCUT2D eigenvalue weighted by Crippen LogP contribution is -2.57. The maximum Gasteiger partial charge on any atom is 0.316 e. The van der Waals surface area contributed by atoms with Crippen LogP contribution in [0.15, 0.2) is 52.3 Å². The largest absolute Gasteiger partial charge is 0.462 e. The molecular weight excluding hydrogens is 574 g/mol. The number of oxime groups is 1. The molecule has 4 heterocycles. The molecular formula is C36H51NO8. The summed E-state index contributed by atoms with van der Waals surface area (Å²) >= 11 is 0. The Morgan fingerprint density at radius 3 is 2.58 bits per heavy atom. The smallest absolute Gasteiger partial charge is 0.316 e. The second kappa shape index (κ2) is 13.1. The third-order valence-electron chi connectivity index (χ3n) is 11.3. The van der Waals surface area contributed by atoms with Gasteiger partial charge in [-0.25, -0.2) is 0 Å². The number of aliphatic hydroxyl groups excluding tert-OH is 1. The summed E-state index contributed by atoms with van der Waals surface area (Å²) in [5.41, 5.74) is 0.289. The molecule has 4 aliphatic heterocycles. The summed E-state index contributed by atoms with van der Waals surface area (Å²) < 4.78 is 26.1. The summed E-state index contributed by atoms with van der Waals surface area (Å²) in [6, 6.07) is 0. The number of rotatable bonds is 1. The molecule has 248 valence electrons. The first kappa shape index (κ1) is 32.6. The van der Waals surface area contributed by atoms with E-state index in [2.05, 4.69) is 12.1 Å². The van der Waals surface area contributed by atoms with E-state index in [9.17, 15) is 20.2 Å². The van der Waals surface area contributed by atoms with Crippen LogP contribution < -0.4 is 0 Å². The van der Waals surface area contributed by atoms with Crippen LogP contribution in [0.4, 0.5) is 0 Å². The van der Waals surface area contributed by atoms with Crippen LogP contribution in [0, 0.1) is 23.7 Å². The first-order valence-corrected chi connectivity index (χ1v) is 17.1. The summed E-state index contributed by atoms with van der Waals surface area (Å²) in [6.07, 6.45) is 15.9. The van der Waals surface area contributed by atoms with Gasteiger partial charge in [0.1, 0.15) is 29.4 Å². The zero-order chi connectivity index (χ0) is 31.9. The van der Waals surface area contributed by atoms with E-state index < -0.39 is 41.6 Å². The number of aliphatic hydroxyl groups is 2. The summed E-state index contributed by atoms with van der Waals surface area (Å²) in [4.78, 5) is 14.1. The van der Waals surface area contributed by atoms with Crippen molar-refractivity contribution in [1.29, 1.82) is 0 Å². The van der Waals surface area contributed by atoms with Gasteiger partial charge in [-0.05, 0) is 68.1 Å². The van der Waals surface area contributed by atoms with E-state index in [-0.39, 0.29) is 30.4 Å². The fourth-order valence-electron chi connectivity index (χ4n) is 8.66. The normalized spacial score (nSPS) is 47.2. The van der Waals surface area contributed by atoms with Gasteiger partial charge in [-0.2, -0.15) is 0 Å². The number of hydrogen-bond donors (Lipinski definition) is 3. The molecule has 1 spiro atoms. The van der Waals surface area contributed by atoms with Crippen LogP contribution in [-0.4, -0.2) is 75.6 Å². The van der Waals surface area contributed by atoms with Gasteiger partial charge < -0.3 is 34.4 Å². The molecule has 4 fully saturated rings. The number of carbonyl (C=O) groups is 1. The quantitative estimate of drug-likeness (QED) is 0.150. The minimum atomic E-state index is -1.79. The van der Waals surface area contributed by atoms with Crippen LogP contribution >= 0.6 is 0 Å². The zero-order valence-corrected chi connectivity index (χ0v) is 27.2. The van der Waals surface area contributed by atoms with Crippen LogP contribution in [0.2, 0.25) is 0 Å². The van der Waals surface area contributed by atoms with Gasteiger partial charge in [-0.3, -0.25) is 4.79 Å². The Kier molecular flexibility index (Phi) is 9.48. The van der Waals surface area contributed by atoms with Gasteiger partial charge >= 0.3 is 5.97 Å². The van der Waals surface area contributed by atoms with Gasteiger partial charge in [0.05, 0.1) is 24.9 Å². The average molecular weight is 626 g/mol. The predicted octanol–water partition coefficient (Wildman–Crippen LogP) is 5.53. The molecule has 3 N–H and O–H groups in total. The standard InChI is InChI=1S/C36H51NO8/c1-21-9-8-12-26-20-42-33-30(37-41)24(4)17-29(36(26,33)40)34(39)43-28-18-27(14-13-22(2)31(21)38)44-35(19-28)16-15-23(3)32(45-35)25-10-6-5-7-11-25/h8-9,12-13,17,21,23,25,27-29,31-33,38,40-41H,5-7,10-11,14-16,18-20H2,1-4H3/b9-8+,22-13+,26-12+,37-30-/t21-,23-,27+,28-,29-,31+,32-,33+,35+,36+/m0/s1. The Morgan fingerprint density at radius 2 is 1.82 bits per heavy atom. The Hall–Kier alpha value is -2.30. The fraction of sp³-hybridized carbons (Fsp3) is 0.722. The Labute approximate surface area is 267 Å². The highest BCUT2D eigenvalue weighted by molar-refractivity contribution is 6.06. The second-order valence-electron chi connectivity index (χ2n) is 14.5. The molecule has 2 bridgehead atoms. The van der Waals surface area contributed by atoms with Gasteiger partial charge in [0, 0.05) is 25.2 Å². The number of fused-ring (bicyclic) bond motifs is 2. The van der Waals surface area contributed by atoms with E-state index >= 15 is 0 Å². The lowest BCUT2D eigenvalue weighted by Gasteiger charge is -2.51. The van der Waals surface area contributed by atoms with E-state index in [0.29, 0.717) is 42.2 Å². The number of nitrogens with zero attached hydrogens (tertiary/aromatic N) is 1. The lowest BCUT2D eigenvalue weighted by molar-refractivity contribution is -0.342. The molecule has 9 heteroatoms. The molecule has 0 radical (unpaired) electrons. The maximum absolute atomic E-state index is 14.1. The number of esters is 1. The van der Waals surface area contributed by atoms with Gasteiger partial charge in [0.25, 0.3) is 0 Å². The molecule has 9 nitrogen and oxygen atoms in total. The number of allylic oxidation sites excluding steroid dienone is 2. The number of carbonyl (C=O) groups excluding carboxylic acids is 1. The molecule has 2 aliphatic carbocycles. The van der Waals surface area contributed by atoms with Crippen molar-refractivity contribution >= 4 is 11.7 Å². The van der Waals surface area contributed by atoms with E-state index in [1.54, 1.807) is 25.2 Å². The van der Waals surface area contributed by atoms with Crippen LogP contribution in [0.1, 0.15) is 91.9 Å². The fourth-order valence-corrected chi connectivity index (χ4v) is 8.66. The van der Waals surface area contributed by atoms with Crippen molar-refractivity contribution in [2.75, 3.05) is 6.61 Å². The van der Waals surface area contributed by atoms with Crippen LogP contribution in [-0.2, 0) is 23.7 Å². The van der Waals surface area contributed by atoms with E-state index in [1.807, 2.05) is 26.0 Å². The summed E-state index contributed by atoms with van der Waals surface area (Å²) in [5.74, 6) is -1.74. The first-order valence-electron chi connectivity index (χ1n) is 17.1. The lowest BCUT2D eigenvalue weighted by atomic mass is 9.71. The van der Waals surface area contributed by atoms with E-state index in [0.717, 1.165) is 18.4 Å². The number of ether oxygens (including phenoxy) is 4. The molecule has 0 aromatic rings. The third-order valence-corrected chi connectivity index (χ3v) is 11.3. The van der Waals surface area contributed by atoms with E-state index in [4.69, 9.17) is 18.9 Å². The summed E-state index contributed by atoms with van der Waals surface area (Å²) in [5, 5.41) is 36.6. The maximum atomic E-state index is 14.1. The van der Waals surface area contributed by atoms with Crippen molar-refractivity contribution in [2.45, 2.75) is 134 Å². The molecule has 0 aromatic heterocycles. The highest BCUT2D eigenvalue weighted by Crippen LogP contribution is 2.48. The zero-order valence-electron chi connectivity index (χ0n) is 27.2. The highest BCUT2D eigenvalue weighted by atomic mass is 16.7. The van der Waals surface area contributed by atoms with Crippen LogP contribution in [0.25, 0.3) is 0 Å². The van der Waals surface area contributed by atoms with Crippen molar-refractivity contribution in [3.05, 3.63) is 47.1 Å². The predicted molar refractivity (Wildman–Crippen MR) is 168 cm³/mol. The first-order chi connectivity index (χ1) is 21.5. The SMILES string of the molecule is CC1=C[C@H]2C(=O)O[C@H]3C[C@@H](C/C=C(\C)[C@H](O)[C@@H](C)/C=C/C=C4\CO[C@H](/C1=N\O)[C@@]42O)O[C@@]1(CC[C@H](C)[C@@H](C2CCCCC2)O1)C3. The molecule has 45 heavy (non-hydrogen) atoms. The second-order valence-corrected chi connectivity index (χ2v) is 14.5. The third kappa shape index (κ3) is 6.23. The van der Waals surface area contributed by atoms with Gasteiger partial charge in [0.15, 0.2) is 5.79 Å². The molecule has 1 saturated carbocycles. The van der Waals surface area contributed by atoms with Crippen molar-refractivity contribution in [3.8, 4) is 0 Å². The monoisotopic (exact) mass is 625 g/mol. The van der Waals surface area contributed by atoms with Crippen molar-refractivity contribution in [2.24, 2.45) is 28.8 Å². The molecule has 10 atom stereocenters. The molecule has 6 aliphatic rings. The minimum Gasteiger partial charge on any atom is -0.462 e. The Bertz CT molecular complexity index is 1280. The summed E-state index contributed by atoms with van der Waals surface area (Å²) in [6.45, 7) is 7.95. The molecule has 0 unspecified atom stereocenters. The van der Waals surface area contributed by atoms with Crippen LogP contribution in [0.3, 0.4) is 0 Å². The number of hydrogen-bond acceptors (Lipinski definition) is 9. The molecule has 6 rings (SSSR count). The molecule has 3 saturated heterocycles. The van der Waals surface area contributed by atoms with Crippen molar-refractivity contribution in [3.63, 3.8) is 0 Å². The Morgan fingerprint density at radius 1 is 1.04 bits per heavy atom.